The quantitative estimate of drug-likeness (QED) is 0.628. The van der Waals surface area contributed by atoms with E-state index in [4.69, 9.17) is 5.11 Å². The molecule has 2 nitrogen and oxygen atoms in total. The second-order valence-corrected chi connectivity index (χ2v) is 14.4. The van der Waals surface area contributed by atoms with Crippen molar-refractivity contribution < 1.29 is 19.4 Å². The van der Waals surface area contributed by atoms with Crippen LogP contribution in [0.25, 0.3) is 0 Å². The van der Waals surface area contributed by atoms with Gasteiger partial charge in [-0.25, -0.2) is 0 Å². The summed E-state index contributed by atoms with van der Waals surface area (Å²) in [5.74, 6) is -0.757. The van der Waals surface area contributed by atoms with Gasteiger partial charge in [-0.05, 0) is 20.8 Å². The number of hydrogen-bond acceptors (Lipinski definition) is 1. The molecule has 0 spiro atoms. The van der Waals surface area contributed by atoms with Crippen LogP contribution in [0.3, 0.4) is 0 Å². The van der Waals surface area contributed by atoms with E-state index in [0.717, 1.165) is 0 Å². The summed E-state index contributed by atoms with van der Waals surface area (Å²) in [6, 6.07) is 0. The zero-order valence-corrected chi connectivity index (χ0v) is 11.8. The number of carboxylic acids is 1. The van der Waals surface area contributed by atoms with Gasteiger partial charge in [-0.1, -0.05) is 0 Å². The van der Waals surface area contributed by atoms with Crippen LogP contribution in [-0.4, -0.2) is 11.1 Å². The number of carbonyl (C=O) groups is 1. The first-order valence-electron chi connectivity index (χ1n) is 2.52. The first-order chi connectivity index (χ1) is 4.36. The molecule has 0 saturated carbocycles. The maximum absolute atomic E-state index is 10.0. The fourth-order valence-electron chi connectivity index (χ4n) is 0. The summed E-state index contributed by atoms with van der Waals surface area (Å²) in [6.07, 6.45) is 0. The Morgan fingerprint density at radius 2 is 1.50 bits per heavy atom. The Morgan fingerprint density at radius 3 is 1.50 bits per heavy atom. The Labute approximate surface area is 90.4 Å². The summed E-state index contributed by atoms with van der Waals surface area (Å²) in [5, 5.41) is 8.25. The van der Waals surface area contributed by atoms with E-state index in [1.54, 1.807) is 20.8 Å². The van der Waals surface area contributed by atoms with Crippen molar-refractivity contribution in [1.82, 2.24) is 0 Å². The van der Waals surface area contributed by atoms with E-state index in [-0.39, 0.29) is 0 Å². The second kappa shape index (κ2) is 7.18. The number of halogens is 2. The fourth-order valence-corrected chi connectivity index (χ4v) is 0. The molecule has 0 fully saturated rings. The molecule has 0 aliphatic carbocycles. The van der Waals surface area contributed by atoms with Crippen LogP contribution in [0.5, 0.6) is 0 Å². The molecule has 0 aliphatic heterocycles. The van der Waals surface area contributed by atoms with E-state index < -0.39 is 11.4 Å². The van der Waals surface area contributed by atoms with Crippen LogP contribution in [0, 0.1) is 5.41 Å². The summed E-state index contributed by atoms with van der Waals surface area (Å²) in [6.45, 7) is 4.99. The molecule has 0 heterocycles. The SMILES string of the molecule is CC(C)(C)C(=O)O.[I][V][I]. The molecule has 0 aliphatic rings. The van der Waals surface area contributed by atoms with E-state index in [2.05, 4.69) is 40.0 Å². The van der Waals surface area contributed by atoms with Gasteiger partial charge in [0.25, 0.3) is 0 Å². The van der Waals surface area contributed by atoms with Crippen molar-refractivity contribution in [2.75, 3.05) is 0 Å². The van der Waals surface area contributed by atoms with E-state index in [9.17, 15) is 4.79 Å². The van der Waals surface area contributed by atoms with Crippen molar-refractivity contribution >= 4 is 45.9 Å². The summed E-state index contributed by atoms with van der Waals surface area (Å²) in [4.78, 5) is 10.0. The number of hydrogen-bond donors (Lipinski definition) is 1. The van der Waals surface area contributed by atoms with Gasteiger partial charge in [0.15, 0.2) is 0 Å². The van der Waals surface area contributed by atoms with Gasteiger partial charge in [0.05, 0.1) is 5.41 Å². The first kappa shape index (κ1) is 14.1. The van der Waals surface area contributed by atoms with Gasteiger partial charge in [0.1, 0.15) is 0 Å². The Kier molecular flexibility index (Phi) is 10.1. The van der Waals surface area contributed by atoms with Crippen LogP contribution >= 0.6 is 40.0 Å². The molecule has 5 heteroatoms. The molecule has 0 rings (SSSR count). The molecule has 1 N–H and O–H groups in total. The van der Waals surface area contributed by atoms with Gasteiger partial charge in [0.2, 0.25) is 0 Å². The van der Waals surface area contributed by atoms with Crippen LogP contribution in [0.2, 0.25) is 0 Å². The Hall–Kier alpha value is 1.51. The van der Waals surface area contributed by atoms with Crippen molar-refractivity contribution in [1.29, 1.82) is 0 Å². The maximum atomic E-state index is 10.0. The normalized spacial score (nSPS) is 9.30. The van der Waals surface area contributed by atoms with E-state index >= 15 is 0 Å². The Bertz CT molecular complexity index is 100. The minimum absolute atomic E-state index is 0.583. The predicted molar refractivity (Wildman–Crippen MR) is 55.1 cm³/mol. The van der Waals surface area contributed by atoms with Crippen LogP contribution in [0.1, 0.15) is 20.8 Å². The number of aliphatic carboxylic acids is 1. The second-order valence-electron chi connectivity index (χ2n) is 2.62. The standard InChI is InChI=1S/C5H10O2.2HI.V/c1-5(2,3)4(6)7;;;/h1-3H3,(H,6,7);2*1H;/q;;;+2/p-2. The molecule has 0 aromatic carbocycles. The van der Waals surface area contributed by atoms with E-state index in [1.807, 2.05) is 0 Å². The zero-order chi connectivity index (χ0) is 8.78. The molecule has 10 heavy (non-hydrogen) atoms. The average Bonchev–Trinajstić information content (AvgIpc) is 1.64. The Balaban J connectivity index is 0. The minimum atomic E-state index is -0.757. The number of rotatable bonds is 0. The third-order valence-electron chi connectivity index (χ3n) is 0.642. The summed E-state index contributed by atoms with van der Waals surface area (Å²) >= 11 is 4.74. The van der Waals surface area contributed by atoms with Crippen molar-refractivity contribution in [3.05, 3.63) is 0 Å². The molecule has 0 aromatic heterocycles. The molecule has 0 radical (unpaired) electrons. The average molecular weight is 407 g/mol. The molecule has 0 aromatic rings. The fraction of sp³-hybridized carbons (Fsp3) is 0.800. The summed E-state index contributed by atoms with van der Waals surface area (Å²) in [5.41, 5.74) is -0.583. The van der Waals surface area contributed by atoms with E-state index in [0.29, 0.717) is 9.47 Å². The predicted octanol–water partition coefficient (Wildman–Crippen LogP) is 2.89. The van der Waals surface area contributed by atoms with Gasteiger partial charge in [-0.15, -0.1) is 0 Å². The van der Waals surface area contributed by atoms with E-state index in [1.165, 1.54) is 0 Å². The van der Waals surface area contributed by atoms with Gasteiger partial charge in [0, 0.05) is 0 Å². The third-order valence-corrected chi connectivity index (χ3v) is 0.642. The Morgan fingerprint density at radius 1 is 1.40 bits per heavy atom. The number of carboxylic acid groups (broad SMARTS) is 1. The van der Waals surface area contributed by atoms with Gasteiger partial charge in [-0.3, -0.25) is 4.79 Å². The molecule has 0 saturated heterocycles. The summed E-state index contributed by atoms with van der Waals surface area (Å²) < 4.78 is 0. The molecule has 0 unspecified atom stereocenters. The van der Waals surface area contributed by atoms with Gasteiger partial charge in [-0.2, -0.15) is 0 Å². The molecule has 61 valence electrons. The van der Waals surface area contributed by atoms with Crippen LogP contribution in [-0.2, 0) is 14.3 Å². The van der Waals surface area contributed by atoms with Crippen molar-refractivity contribution in [3.8, 4) is 0 Å². The monoisotopic (exact) mass is 407 g/mol. The molecule has 0 bridgehead atoms. The van der Waals surface area contributed by atoms with Crippen LogP contribution in [0.15, 0.2) is 0 Å². The summed E-state index contributed by atoms with van der Waals surface area (Å²) in [7, 11) is 0.628. The van der Waals surface area contributed by atoms with Gasteiger partial charge >= 0.3 is 55.4 Å². The van der Waals surface area contributed by atoms with Crippen molar-refractivity contribution in [3.63, 3.8) is 0 Å². The van der Waals surface area contributed by atoms with Gasteiger partial charge < -0.3 is 5.11 Å². The molecule has 0 amide bonds. The molecular weight excluding hydrogens is 397 g/mol. The molecule has 0 atom stereocenters. The molecular formula is C5H10I2O2V. The van der Waals surface area contributed by atoms with Crippen molar-refractivity contribution in [2.45, 2.75) is 20.8 Å². The van der Waals surface area contributed by atoms with Crippen LogP contribution in [0.4, 0.5) is 0 Å². The van der Waals surface area contributed by atoms with Crippen LogP contribution < -0.4 is 0 Å². The first-order valence-corrected chi connectivity index (χ1v) is 11.5. The topological polar surface area (TPSA) is 37.3 Å². The third kappa shape index (κ3) is 12.2. The van der Waals surface area contributed by atoms with Crippen molar-refractivity contribution in [2.24, 2.45) is 5.41 Å². The zero-order valence-electron chi connectivity index (χ0n) is 6.06.